The molecule has 0 aliphatic carbocycles. The molecule has 81 valence electrons. The summed E-state index contributed by atoms with van der Waals surface area (Å²) in [5.41, 5.74) is 2.29. The first-order valence-corrected chi connectivity index (χ1v) is 5.50. The minimum absolute atomic E-state index is 0.239. The Labute approximate surface area is 96.9 Å². The molecule has 1 N–H and O–H groups in total. The zero-order chi connectivity index (χ0) is 11.2. The van der Waals surface area contributed by atoms with Crippen LogP contribution in [-0.4, -0.2) is 11.1 Å². The van der Waals surface area contributed by atoms with Crippen molar-refractivity contribution in [2.45, 2.75) is 6.61 Å². The number of ether oxygens (including phenoxy) is 1. The molecule has 0 atom stereocenters. The van der Waals surface area contributed by atoms with Gasteiger partial charge in [-0.1, -0.05) is 18.2 Å². The predicted octanol–water partition coefficient (Wildman–Crippen LogP) is 2.69. The minimum atomic E-state index is -0.490. The van der Waals surface area contributed by atoms with Crippen LogP contribution < -0.4 is 5.32 Å². The molecule has 0 spiro atoms. The van der Waals surface area contributed by atoms with Gasteiger partial charge in [0.15, 0.2) is 0 Å². The Kier molecular flexibility index (Phi) is 3.50. The Hall–Kier alpha value is -1.88. The molecule has 0 aliphatic heterocycles. The van der Waals surface area contributed by atoms with Crippen LogP contribution in [0.1, 0.15) is 4.88 Å². The van der Waals surface area contributed by atoms with Crippen LogP contribution in [0.2, 0.25) is 0 Å². The van der Waals surface area contributed by atoms with Gasteiger partial charge in [0.2, 0.25) is 0 Å². The van der Waals surface area contributed by atoms with Crippen LogP contribution in [0, 0.1) is 6.07 Å². The van der Waals surface area contributed by atoms with Crippen molar-refractivity contribution in [1.29, 1.82) is 0 Å². The molecule has 2 rings (SSSR count). The fourth-order valence-electron chi connectivity index (χ4n) is 1.07. The van der Waals surface area contributed by atoms with Gasteiger partial charge in [0, 0.05) is 12.3 Å². The average molecular weight is 233 g/mol. The van der Waals surface area contributed by atoms with E-state index < -0.39 is 6.09 Å². The fraction of sp³-hybridized carbons (Fsp3) is 0.0909. The first kappa shape index (κ1) is 10.6. The topological polar surface area (TPSA) is 51.2 Å². The number of hydrogen-bond donors (Lipinski definition) is 1. The van der Waals surface area contributed by atoms with Gasteiger partial charge in [0.05, 0.1) is 16.1 Å². The molecule has 0 aliphatic rings. The van der Waals surface area contributed by atoms with E-state index >= 15 is 0 Å². The van der Waals surface area contributed by atoms with Crippen LogP contribution in [0.25, 0.3) is 0 Å². The molecule has 0 bridgehead atoms. The third kappa shape index (κ3) is 3.06. The molecule has 5 heteroatoms. The average Bonchev–Trinajstić information content (AvgIpc) is 2.81. The molecule has 1 heterocycles. The molecule has 2 aromatic rings. The fourth-order valence-corrected chi connectivity index (χ4v) is 1.57. The van der Waals surface area contributed by atoms with Gasteiger partial charge in [-0.3, -0.25) is 10.3 Å². The number of rotatable bonds is 3. The number of nitrogens with zero attached hydrogens (tertiary/aromatic N) is 1. The summed E-state index contributed by atoms with van der Waals surface area (Å²) in [6.45, 7) is 0.239. The molecule has 0 saturated carbocycles. The molecule has 0 saturated heterocycles. The summed E-state index contributed by atoms with van der Waals surface area (Å²) in [4.78, 5) is 16.1. The molecular weight excluding hydrogens is 224 g/mol. The zero-order valence-electron chi connectivity index (χ0n) is 8.34. The van der Waals surface area contributed by atoms with Crippen LogP contribution in [-0.2, 0) is 11.3 Å². The summed E-state index contributed by atoms with van der Waals surface area (Å²) in [6.07, 6.45) is 1.18. The van der Waals surface area contributed by atoms with Crippen LogP contribution in [0.15, 0.2) is 36.0 Å². The molecule has 1 radical (unpaired) electrons. The molecular formula is C11H9N2O2S. The molecule has 1 amide bonds. The van der Waals surface area contributed by atoms with Crippen LogP contribution >= 0.6 is 11.3 Å². The number of amides is 1. The van der Waals surface area contributed by atoms with E-state index in [0.29, 0.717) is 5.69 Å². The number of carbonyl (C=O) groups excluding carboxylic acids is 1. The van der Waals surface area contributed by atoms with Crippen LogP contribution in [0.4, 0.5) is 10.5 Å². The van der Waals surface area contributed by atoms with E-state index in [0.717, 1.165) is 4.88 Å². The Morgan fingerprint density at radius 3 is 3.19 bits per heavy atom. The first-order valence-electron chi connectivity index (χ1n) is 4.62. The van der Waals surface area contributed by atoms with Crippen molar-refractivity contribution in [2.24, 2.45) is 0 Å². The molecule has 1 aromatic carbocycles. The number of carbonyl (C=O) groups is 1. The van der Waals surface area contributed by atoms with Crippen molar-refractivity contribution in [3.8, 4) is 0 Å². The largest absolute Gasteiger partial charge is 0.444 e. The lowest BCUT2D eigenvalue weighted by atomic mass is 10.3. The Morgan fingerprint density at radius 2 is 2.50 bits per heavy atom. The molecule has 4 nitrogen and oxygen atoms in total. The van der Waals surface area contributed by atoms with Gasteiger partial charge in [-0.15, -0.1) is 11.3 Å². The third-order valence-electron chi connectivity index (χ3n) is 1.77. The maximum atomic E-state index is 11.3. The number of hydrogen-bond acceptors (Lipinski definition) is 4. The lowest BCUT2D eigenvalue weighted by Crippen LogP contribution is -2.13. The molecule has 1 aromatic heterocycles. The number of aromatic nitrogens is 1. The second kappa shape index (κ2) is 5.27. The number of para-hydroxylation sites is 1. The van der Waals surface area contributed by atoms with E-state index in [1.807, 2.05) is 12.1 Å². The van der Waals surface area contributed by atoms with E-state index in [2.05, 4.69) is 16.4 Å². The SMILES string of the molecule is O=C(Nc1[c]cccc1)OCc1cncs1. The number of nitrogens with one attached hydrogen (secondary N) is 1. The third-order valence-corrected chi connectivity index (χ3v) is 2.53. The summed E-state index contributed by atoms with van der Waals surface area (Å²) < 4.78 is 4.99. The Bertz CT molecular complexity index is 442. The summed E-state index contributed by atoms with van der Waals surface area (Å²) in [5, 5.41) is 2.57. The van der Waals surface area contributed by atoms with Gasteiger partial charge in [-0.05, 0) is 6.07 Å². The molecule has 0 unspecified atom stereocenters. The highest BCUT2D eigenvalue weighted by Gasteiger charge is 2.03. The zero-order valence-corrected chi connectivity index (χ0v) is 9.16. The van der Waals surface area contributed by atoms with Gasteiger partial charge >= 0.3 is 6.09 Å². The van der Waals surface area contributed by atoms with E-state index in [1.54, 1.807) is 23.8 Å². The Morgan fingerprint density at radius 1 is 1.56 bits per heavy atom. The van der Waals surface area contributed by atoms with Crippen molar-refractivity contribution in [3.05, 3.63) is 46.9 Å². The van der Waals surface area contributed by atoms with Crippen molar-refractivity contribution >= 4 is 23.1 Å². The second-order valence-corrected chi connectivity index (χ2v) is 3.92. The number of benzene rings is 1. The normalized spacial score (nSPS) is 9.75. The van der Waals surface area contributed by atoms with Gasteiger partial charge in [-0.25, -0.2) is 4.79 Å². The van der Waals surface area contributed by atoms with Gasteiger partial charge in [0.25, 0.3) is 0 Å². The molecule has 16 heavy (non-hydrogen) atoms. The van der Waals surface area contributed by atoms with E-state index in [9.17, 15) is 4.79 Å². The summed E-state index contributed by atoms with van der Waals surface area (Å²) >= 11 is 1.45. The van der Waals surface area contributed by atoms with Crippen molar-refractivity contribution in [3.63, 3.8) is 0 Å². The van der Waals surface area contributed by atoms with E-state index in [4.69, 9.17) is 4.74 Å². The standard InChI is InChI=1S/C11H9N2O2S/c14-11(13-9-4-2-1-3-5-9)15-7-10-6-12-8-16-10/h1-4,6,8H,7H2,(H,13,14). The van der Waals surface area contributed by atoms with E-state index in [-0.39, 0.29) is 6.61 Å². The van der Waals surface area contributed by atoms with Crippen LogP contribution in [0.5, 0.6) is 0 Å². The highest BCUT2D eigenvalue weighted by molar-refractivity contribution is 7.09. The number of anilines is 1. The summed E-state index contributed by atoms with van der Waals surface area (Å²) in [6, 6.07) is 9.98. The highest BCUT2D eigenvalue weighted by Crippen LogP contribution is 2.08. The maximum Gasteiger partial charge on any atom is 0.412 e. The maximum absolute atomic E-state index is 11.3. The summed E-state index contributed by atoms with van der Waals surface area (Å²) in [7, 11) is 0. The predicted molar refractivity (Wildman–Crippen MR) is 61.2 cm³/mol. The lowest BCUT2D eigenvalue weighted by molar-refractivity contribution is 0.156. The van der Waals surface area contributed by atoms with Gasteiger partial charge in [-0.2, -0.15) is 0 Å². The van der Waals surface area contributed by atoms with E-state index in [1.165, 1.54) is 11.3 Å². The van der Waals surface area contributed by atoms with Crippen molar-refractivity contribution in [2.75, 3.05) is 5.32 Å². The minimum Gasteiger partial charge on any atom is -0.444 e. The smallest absolute Gasteiger partial charge is 0.412 e. The van der Waals surface area contributed by atoms with Gasteiger partial charge < -0.3 is 4.74 Å². The summed E-state index contributed by atoms with van der Waals surface area (Å²) in [5.74, 6) is 0. The lowest BCUT2D eigenvalue weighted by Gasteiger charge is -2.04. The van der Waals surface area contributed by atoms with Crippen LogP contribution in [0.3, 0.4) is 0 Å². The number of thiazole rings is 1. The molecule has 0 fully saturated rings. The monoisotopic (exact) mass is 233 g/mol. The first-order chi connectivity index (χ1) is 7.84. The Balaban J connectivity index is 1.81. The van der Waals surface area contributed by atoms with Crippen molar-refractivity contribution in [1.82, 2.24) is 4.98 Å². The van der Waals surface area contributed by atoms with Gasteiger partial charge in [0.1, 0.15) is 6.61 Å². The highest BCUT2D eigenvalue weighted by atomic mass is 32.1. The van der Waals surface area contributed by atoms with Crippen molar-refractivity contribution < 1.29 is 9.53 Å². The second-order valence-electron chi connectivity index (χ2n) is 2.95. The quantitative estimate of drug-likeness (QED) is 0.886.